The fourth-order valence-electron chi connectivity index (χ4n) is 3.16. The number of aliphatic hydroxyl groups is 1. The van der Waals surface area contributed by atoms with Crippen molar-refractivity contribution in [2.45, 2.75) is 45.4 Å². The Balaban J connectivity index is 1.79. The van der Waals surface area contributed by atoms with Crippen LogP contribution in [0.5, 0.6) is 0 Å². The molecule has 5 heteroatoms. The largest absolute Gasteiger partial charge is 0.391 e. The molecule has 1 aromatic carbocycles. The molecule has 1 aromatic rings. The summed E-state index contributed by atoms with van der Waals surface area (Å²) in [5.74, 6) is 0.102. The van der Waals surface area contributed by atoms with E-state index in [1.54, 1.807) is 0 Å². The van der Waals surface area contributed by atoms with Gasteiger partial charge in [-0.3, -0.25) is 9.69 Å². The number of rotatable bonds is 8. The minimum Gasteiger partial charge on any atom is -0.391 e. The van der Waals surface area contributed by atoms with Crippen molar-refractivity contribution in [1.82, 2.24) is 10.2 Å². The zero-order valence-electron chi connectivity index (χ0n) is 14.8. The van der Waals surface area contributed by atoms with Crippen LogP contribution in [0.25, 0.3) is 0 Å². The Morgan fingerprint density at radius 1 is 1.33 bits per heavy atom. The van der Waals surface area contributed by atoms with Crippen LogP contribution < -0.4 is 5.32 Å². The molecule has 24 heavy (non-hydrogen) atoms. The SMILES string of the molecule is CCC(CC)C(O)CNC(=O)C1CN(Cc2ccccc2)CCO1. The average Bonchev–Trinajstić information content (AvgIpc) is 2.62. The summed E-state index contributed by atoms with van der Waals surface area (Å²) in [6, 6.07) is 10.2. The van der Waals surface area contributed by atoms with Gasteiger partial charge in [-0.25, -0.2) is 0 Å². The molecule has 1 heterocycles. The topological polar surface area (TPSA) is 61.8 Å². The summed E-state index contributed by atoms with van der Waals surface area (Å²) in [5.41, 5.74) is 1.24. The quantitative estimate of drug-likeness (QED) is 0.761. The van der Waals surface area contributed by atoms with Gasteiger partial charge in [0.2, 0.25) is 0 Å². The first-order valence-electron chi connectivity index (χ1n) is 8.97. The highest BCUT2D eigenvalue weighted by molar-refractivity contribution is 5.81. The Kier molecular flexibility index (Phi) is 7.69. The van der Waals surface area contributed by atoms with Crippen LogP contribution in [-0.2, 0) is 16.1 Å². The van der Waals surface area contributed by atoms with Crippen molar-refractivity contribution in [2.75, 3.05) is 26.2 Å². The number of morpholine rings is 1. The van der Waals surface area contributed by atoms with Gasteiger partial charge in [0.1, 0.15) is 6.10 Å². The maximum absolute atomic E-state index is 12.3. The van der Waals surface area contributed by atoms with E-state index in [0.717, 1.165) is 25.9 Å². The van der Waals surface area contributed by atoms with Gasteiger partial charge in [0.05, 0.1) is 12.7 Å². The lowest BCUT2D eigenvalue weighted by Gasteiger charge is -2.32. The molecule has 0 bridgehead atoms. The molecule has 2 unspecified atom stereocenters. The molecule has 2 rings (SSSR count). The van der Waals surface area contributed by atoms with E-state index >= 15 is 0 Å². The van der Waals surface area contributed by atoms with Crippen molar-refractivity contribution in [3.05, 3.63) is 35.9 Å². The van der Waals surface area contributed by atoms with Gasteiger partial charge in [-0.15, -0.1) is 0 Å². The molecule has 1 aliphatic heterocycles. The first-order chi connectivity index (χ1) is 11.6. The number of carbonyl (C=O) groups excluding carboxylic acids is 1. The van der Waals surface area contributed by atoms with Gasteiger partial charge < -0.3 is 15.2 Å². The maximum Gasteiger partial charge on any atom is 0.250 e. The Morgan fingerprint density at radius 3 is 2.71 bits per heavy atom. The Hall–Kier alpha value is -1.43. The van der Waals surface area contributed by atoms with Gasteiger partial charge in [-0.05, 0) is 11.5 Å². The molecule has 0 saturated carbocycles. The van der Waals surface area contributed by atoms with E-state index in [1.807, 2.05) is 18.2 Å². The summed E-state index contributed by atoms with van der Waals surface area (Å²) in [6.45, 7) is 7.21. The molecule has 0 spiro atoms. The minimum absolute atomic E-state index is 0.127. The summed E-state index contributed by atoms with van der Waals surface area (Å²) in [5, 5.41) is 13.0. The van der Waals surface area contributed by atoms with Crippen molar-refractivity contribution in [2.24, 2.45) is 5.92 Å². The molecule has 1 aliphatic rings. The smallest absolute Gasteiger partial charge is 0.250 e. The van der Waals surface area contributed by atoms with Crippen molar-refractivity contribution in [1.29, 1.82) is 0 Å². The minimum atomic E-state index is -0.493. The number of hydrogen-bond acceptors (Lipinski definition) is 4. The number of nitrogens with one attached hydrogen (secondary N) is 1. The highest BCUT2D eigenvalue weighted by Gasteiger charge is 2.27. The molecule has 1 fully saturated rings. The second-order valence-electron chi connectivity index (χ2n) is 6.47. The Morgan fingerprint density at radius 2 is 2.04 bits per heavy atom. The molecule has 1 amide bonds. The molecule has 1 saturated heterocycles. The second-order valence-corrected chi connectivity index (χ2v) is 6.47. The van der Waals surface area contributed by atoms with Crippen LogP contribution in [-0.4, -0.2) is 54.4 Å². The Bertz CT molecular complexity index is 491. The average molecular weight is 334 g/mol. The molecular formula is C19H30N2O3. The highest BCUT2D eigenvalue weighted by Crippen LogP contribution is 2.13. The van der Waals surface area contributed by atoms with Crippen LogP contribution in [0, 0.1) is 5.92 Å². The molecule has 2 N–H and O–H groups in total. The Labute approximate surface area is 145 Å². The summed E-state index contributed by atoms with van der Waals surface area (Å²) in [6.07, 6.45) is 0.876. The summed E-state index contributed by atoms with van der Waals surface area (Å²) in [4.78, 5) is 14.6. The third-order valence-electron chi connectivity index (χ3n) is 4.77. The number of aliphatic hydroxyl groups excluding tert-OH is 1. The van der Waals surface area contributed by atoms with Gasteiger partial charge in [-0.2, -0.15) is 0 Å². The summed E-state index contributed by atoms with van der Waals surface area (Å²) in [7, 11) is 0. The number of nitrogens with zero attached hydrogens (tertiary/aromatic N) is 1. The second kappa shape index (κ2) is 9.77. The van der Waals surface area contributed by atoms with Crippen molar-refractivity contribution < 1.29 is 14.6 Å². The molecule has 0 radical (unpaired) electrons. The normalized spacial score (nSPS) is 20.1. The van der Waals surface area contributed by atoms with Gasteiger partial charge >= 0.3 is 0 Å². The lowest BCUT2D eigenvalue weighted by atomic mass is 9.96. The fraction of sp³-hybridized carbons (Fsp3) is 0.632. The number of hydrogen-bond donors (Lipinski definition) is 2. The van der Waals surface area contributed by atoms with Gasteiger partial charge in [-0.1, -0.05) is 57.0 Å². The van der Waals surface area contributed by atoms with Crippen LogP contribution in [0.3, 0.4) is 0 Å². The van der Waals surface area contributed by atoms with E-state index in [9.17, 15) is 9.90 Å². The monoisotopic (exact) mass is 334 g/mol. The number of carbonyl (C=O) groups is 1. The standard InChI is InChI=1S/C19H30N2O3/c1-3-16(4-2)17(22)12-20-19(23)18-14-21(10-11-24-18)13-15-8-6-5-7-9-15/h5-9,16-18,22H,3-4,10-14H2,1-2H3,(H,20,23). The summed E-state index contributed by atoms with van der Waals surface area (Å²) < 4.78 is 5.62. The zero-order chi connectivity index (χ0) is 17.4. The van der Waals surface area contributed by atoms with Gasteiger partial charge in [0.25, 0.3) is 5.91 Å². The van der Waals surface area contributed by atoms with E-state index in [1.165, 1.54) is 5.56 Å². The zero-order valence-corrected chi connectivity index (χ0v) is 14.8. The number of amides is 1. The van der Waals surface area contributed by atoms with Crippen LogP contribution in [0.4, 0.5) is 0 Å². The predicted molar refractivity (Wildman–Crippen MR) is 94.5 cm³/mol. The summed E-state index contributed by atoms with van der Waals surface area (Å²) >= 11 is 0. The molecule has 0 aromatic heterocycles. The first-order valence-corrected chi connectivity index (χ1v) is 8.97. The van der Waals surface area contributed by atoms with E-state index in [2.05, 4.69) is 36.2 Å². The first kappa shape index (κ1) is 18.9. The molecule has 0 aliphatic carbocycles. The van der Waals surface area contributed by atoms with Crippen molar-refractivity contribution in [3.8, 4) is 0 Å². The third-order valence-corrected chi connectivity index (χ3v) is 4.77. The molecular weight excluding hydrogens is 304 g/mol. The van der Waals surface area contributed by atoms with Gasteiger partial charge in [0.15, 0.2) is 0 Å². The van der Waals surface area contributed by atoms with E-state index in [-0.39, 0.29) is 11.8 Å². The predicted octanol–water partition coefficient (Wildman–Crippen LogP) is 1.80. The number of benzene rings is 1. The lowest BCUT2D eigenvalue weighted by molar-refractivity contribution is -0.139. The lowest BCUT2D eigenvalue weighted by Crippen LogP contribution is -2.50. The molecule has 134 valence electrons. The number of ether oxygens (including phenoxy) is 1. The fourth-order valence-corrected chi connectivity index (χ4v) is 3.16. The van der Waals surface area contributed by atoms with E-state index < -0.39 is 12.2 Å². The van der Waals surface area contributed by atoms with E-state index in [0.29, 0.717) is 19.7 Å². The molecule has 2 atom stereocenters. The third kappa shape index (κ3) is 5.58. The van der Waals surface area contributed by atoms with E-state index in [4.69, 9.17) is 4.74 Å². The van der Waals surface area contributed by atoms with Crippen LogP contribution in [0.15, 0.2) is 30.3 Å². The van der Waals surface area contributed by atoms with Crippen molar-refractivity contribution >= 4 is 5.91 Å². The van der Waals surface area contributed by atoms with Crippen LogP contribution in [0.1, 0.15) is 32.3 Å². The van der Waals surface area contributed by atoms with Crippen LogP contribution >= 0.6 is 0 Å². The van der Waals surface area contributed by atoms with Gasteiger partial charge in [0, 0.05) is 26.2 Å². The maximum atomic E-state index is 12.3. The van der Waals surface area contributed by atoms with Crippen LogP contribution in [0.2, 0.25) is 0 Å². The van der Waals surface area contributed by atoms with Crippen molar-refractivity contribution in [3.63, 3.8) is 0 Å². The molecule has 5 nitrogen and oxygen atoms in total. The highest BCUT2D eigenvalue weighted by atomic mass is 16.5.